The summed E-state index contributed by atoms with van der Waals surface area (Å²) in [5.74, 6) is 0. The second kappa shape index (κ2) is 5.61. The van der Waals surface area contributed by atoms with Crippen LogP contribution >= 0.6 is 0 Å². The van der Waals surface area contributed by atoms with E-state index in [1.165, 1.54) is 0 Å². The van der Waals surface area contributed by atoms with E-state index in [0.29, 0.717) is 0 Å². The van der Waals surface area contributed by atoms with Gasteiger partial charge in [-0.3, -0.25) is 10.1 Å². The highest BCUT2D eigenvalue weighted by Crippen LogP contribution is 2.25. The molecule has 6 nitrogen and oxygen atoms in total. The normalized spacial score (nSPS) is 13.3. The molecule has 1 N–H and O–H groups in total. The van der Waals surface area contributed by atoms with Crippen LogP contribution in [0.2, 0.25) is 0 Å². The molecule has 120 valence electrons. The quantitative estimate of drug-likeness (QED) is 0.806. The van der Waals surface area contributed by atoms with Crippen LogP contribution in [0.5, 0.6) is 0 Å². The number of aromatic nitrogens is 6. The van der Waals surface area contributed by atoms with E-state index in [1.807, 2.05) is 23.0 Å². The molecule has 0 saturated heterocycles. The number of H-pyrrole nitrogens is 1. The van der Waals surface area contributed by atoms with Crippen molar-refractivity contribution in [2.45, 2.75) is 46.1 Å². The van der Waals surface area contributed by atoms with E-state index < -0.39 is 0 Å². The third-order valence-electron chi connectivity index (χ3n) is 4.00. The number of aryl methyl sites for hydroxylation is 1. The van der Waals surface area contributed by atoms with Gasteiger partial charge in [-0.15, -0.1) is 5.10 Å². The molecule has 0 aromatic carbocycles. The van der Waals surface area contributed by atoms with Gasteiger partial charge in [-0.2, -0.15) is 5.10 Å². The van der Waals surface area contributed by atoms with Crippen molar-refractivity contribution in [2.24, 2.45) is 0 Å². The minimum absolute atomic E-state index is 0.0264. The van der Waals surface area contributed by atoms with Gasteiger partial charge in [0.1, 0.15) is 11.4 Å². The van der Waals surface area contributed by atoms with Crippen LogP contribution in [0.1, 0.15) is 50.7 Å². The number of aromatic amines is 1. The first-order valence-electron chi connectivity index (χ1n) is 7.76. The van der Waals surface area contributed by atoms with E-state index in [-0.39, 0.29) is 11.5 Å². The van der Waals surface area contributed by atoms with Crippen molar-refractivity contribution in [3.8, 4) is 11.4 Å². The van der Waals surface area contributed by atoms with Gasteiger partial charge in [-0.05, 0) is 31.5 Å². The molecule has 0 radical (unpaired) electrons. The smallest absolute Gasteiger partial charge is 0.133 e. The lowest BCUT2D eigenvalue weighted by atomic mass is 9.92. The molecule has 23 heavy (non-hydrogen) atoms. The highest BCUT2D eigenvalue weighted by molar-refractivity contribution is 5.53. The first-order chi connectivity index (χ1) is 10.9. The summed E-state index contributed by atoms with van der Waals surface area (Å²) in [6.45, 7) is 10.6. The fourth-order valence-electron chi connectivity index (χ4n) is 2.48. The Kier molecular flexibility index (Phi) is 3.75. The van der Waals surface area contributed by atoms with E-state index in [1.54, 1.807) is 6.20 Å². The molecule has 3 aromatic heterocycles. The highest BCUT2D eigenvalue weighted by atomic mass is 15.4. The average Bonchev–Trinajstić information content (AvgIpc) is 3.15. The average molecular weight is 310 g/mol. The monoisotopic (exact) mass is 310 g/mol. The molecular weight excluding hydrogens is 288 g/mol. The first kappa shape index (κ1) is 15.4. The number of rotatable bonds is 3. The molecule has 6 heteroatoms. The molecule has 3 aromatic rings. The van der Waals surface area contributed by atoms with E-state index in [2.05, 4.69) is 66.2 Å². The van der Waals surface area contributed by atoms with Gasteiger partial charge in [-0.25, -0.2) is 4.68 Å². The van der Waals surface area contributed by atoms with E-state index in [0.717, 1.165) is 28.3 Å². The molecule has 1 atom stereocenters. The highest BCUT2D eigenvalue weighted by Gasteiger charge is 2.19. The fraction of sp³-hybridized carbons (Fsp3) is 0.412. The van der Waals surface area contributed by atoms with Crippen molar-refractivity contribution in [1.29, 1.82) is 0 Å². The Labute approximate surface area is 136 Å². The minimum Gasteiger partial charge on any atom is -0.281 e. The van der Waals surface area contributed by atoms with Crippen LogP contribution in [-0.2, 0) is 5.41 Å². The van der Waals surface area contributed by atoms with Gasteiger partial charge in [0.2, 0.25) is 0 Å². The predicted molar refractivity (Wildman–Crippen MR) is 89.1 cm³/mol. The molecule has 0 aliphatic heterocycles. The van der Waals surface area contributed by atoms with Gasteiger partial charge in [0.05, 0.1) is 17.9 Å². The lowest BCUT2D eigenvalue weighted by Gasteiger charge is -2.14. The first-order valence-corrected chi connectivity index (χ1v) is 7.76. The Hall–Kier alpha value is -2.50. The summed E-state index contributed by atoms with van der Waals surface area (Å²) in [6.07, 6.45) is 3.72. The maximum Gasteiger partial charge on any atom is 0.133 e. The summed E-state index contributed by atoms with van der Waals surface area (Å²) in [5, 5.41) is 16.0. The molecule has 0 aliphatic carbocycles. The summed E-state index contributed by atoms with van der Waals surface area (Å²) in [5.41, 5.74) is 4.83. The number of nitrogens with one attached hydrogen (secondary N) is 1. The summed E-state index contributed by atoms with van der Waals surface area (Å²) < 4.78 is 1.83. The molecule has 0 bridgehead atoms. The Balaban J connectivity index is 1.89. The third kappa shape index (κ3) is 3.02. The van der Waals surface area contributed by atoms with E-state index in [9.17, 15) is 0 Å². The summed E-state index contributed by atoms with van der Waals surface area (Å²) >= 11 is 0. The van der Waals surface area contributed by atoms with Crippen LogP contribution in [0.15, 0.2) is 30.6 Å². The van der Waals surface area contributed by atoms with Gasteiger partial charge in [0, 0.05) is 17.3 Å². The van der Waals surface area contributed by atoms with E-state index in [4.69, 9.17) is 0 Å². The Morgan fingerprint density at radius 3 is 2.65 bits per heavy atom. The van der Waals surface area contributed by atoms with E-state index >= 15 is 0 Å². The lowest BCUT2D eigenvalue weighted by Crippen LogP contribution is -2.11. The van der Waals surface area contributed by atoms with Crippen molar-refractivity contribution in [1.82, 2.24) is 30.2 Å². The van der Waals surface area contributed by atoms with Gasteiger partial charge in [-0.1, -0.05) is 32.1 Å². The zero-order valence-corrected chi connectivity index (χ0v) is 14.2. The van der Waals surface area contributed by atoms with Crippen molar-refractivity contribution in [2.75, 3.05) is 0 Å². The van der Waals surface area contributed by atoms with Crippen LogP contribution in [-0.4, -0.2) is 30.2 Å². The van der Waals surface area contributed by atoms with Gasteiger partial charge in [0.15, 0.2) is 0 Å². The van der Waals surface area contributed by atoms with Gasteiger partial charge in [0.25, 0.3) is 0 Å². The largest absolute Gasteiger partial charge is 0.281 e. The Morgan fingerprint density at radius 1 is 1.22 bits per heavy atom. The molecule has 0 unspecified atom stereocenters. The van der Waals surface area contributed by atoms with Crippen LogP contribution in [0.25, 0.3) is 11.4 Å². The van der Waals surface area contributed by atoms with Crippen molar-refractivity contribution in [3.63, 3.8) is 0 Å². The zero-order valence-electron chi connectivity index (χ0n) is 14.2. The summed E-state index contributed by atoms with van der Waals surface area (Å²) in [7, 11) is 0. The molecular formula is C17H22N6. The summed E-state index contributed by atoms with van der Waals surface area (Å²) in [4.78, 5) is 4.46. The molecule has 0 saturated carbocycles. The maximum absolute atomic E-state index is 4.46. The van der Waals surface area contributed by atoms with Crippen LogP contribution in [0.3, 0.4) is 0 Å². The maximum atomic E-state index is 4.46. The number of pyridine rings is 1. The molecule has 3 rings (SSSR count). The Morgan fingerprint density at radius 2 is 2.00 bits per heavy atom. The molecule has 0 fully saturated rings. The van der Waals surface area contributed by atoms with Gasteiger partial charge < -0.3 is 0 Å². The standard InChI is InChI=1S/C17H22N6/c1-11-7-6-8-18-16(11)12(2)23-10-14(20-22-23)13-9-15(21-19-13)17(3,4)5/h6-10,12H,1-5H3,(H,19,21)/t12-/m0/s1. The minimum atomic E-state index is 0.0264. The number of hydrogen-bond acceptors (Lipinski definition) is 4. The third-order valence-corrected chi connectivity index (χ3v) is 4.00. The van der Waals surface area contributed by atoms with Crippen molar-refractivity contribution < 1.29 is 0 Å². The lowest BCUT2D eigenvalue weighted by molar-refractivity contribution is 0.529. The molecule has 0 amide bonds. The SMILES string of the molecule is Cc1cccnc1[C@H](C)n1cc(-c2cc(C(C)(C)C)[nH]n2)nn1. The second-order valence-electron chi connectivity index (χ2n) is 6.88. The van der Waals surface area contributed by atoms with Crippen molar-refractivity contribution >= 4 is 0 Å². The van der Waals surface area contributed by atoms with Gasteiger partial charge >= 0.3 is 0 Å². The second-order valence-corrected chi connectivity index (χ2v) is 6.88. The predicted octanol–water partition coefficient (Wildman–Crippen LogP) is 3.28. The molecule has 3 heterocycles. The van der Waals surface area contributed by atoms with Crippen LogP contribution < -0.4 is 0 Å². The van der Waals surface area contributed by atoms with Crippen LogP contribution in [0.4, 0.5) is 0 Å². The van der Waals surface area contributed by atoms with Crippen molar-refractivity contribution in [3.05, 3.63) is 47.5 Å². The number of hydrogen-bond donors (Lipinski definition) is 1. The molecule has 0 aliphatic rings. The number of nitrogens with zero attached hydrogens (tertiary/aromatic N) is 5. The Bertz CT molecular complexity index is 808. The topological polar surface area (TPSA) is 72.3 Å². The zero-order chi connectivity index (χ0) is 16.6. The fourth-order valence-corrected chi connectivity index (χ4v) is 2.48. The molecule has 0 spiro atoms. The summed E-state index contributed by atoms with van der Waals surface area (Å²) in [6, 6.07) is 6.06. The van der Waals surface area contributed by atoms with Crippen LogP contribution in [0, 0.1) is 6.92 Å².